The first-order chi connectivity index (χ1) is 15.3. The van der Waals surface area contributed by atoms with Crippen LogP contribution in [-0.4, -0.2) is 21.7 Å². The normalized spacial score (nSPS) is 10.4. The molecule has 3 aromatic carbocycles. The summed E-state index contributed by atoms with van der Waals surface area (Å²) in [4.78, 5) is 45.9. The predicted octanol–water partition coefficient (Wildman–Crippen LogP) is 4.02. The van der Waals surface area contributed by atoms with Crippen LogP contribution in [0, 0.1) is 20.2 Å². The third kappa shape index (κ3) is 5.24. The molecule has 0 aliphatic rings. The molecular formula is C21H15ClN4O6. The predicted molar refractivity (Wildman–Crippen MR) is 115 cm³/mol. The number of nitro groups is 2. The molecule has 0 saturated heterocycles. The fraction of sp³-hybridized carbons (Fsp3) is 0.0476. The summed E-state index contributed by atoms with van der Waals surface area (Å²) in [6, 6.07) is 16.4. The molecule has 0 aliphatic carbocycles. The summed E-state index contributed by atoms with van der Waals surface area (Å²) in [7, 11) is 0. The number of nitrogens with one attached hydrogen (secondary N) is 2. The fourth-order valence-corrected chi connectivity index (χ4v) is 3.04. The molecular weight excluding hydrogens is 440 g/mol. The smallest absolute Gasteiger partial charge is 0.269 e. The monoisotopic (exact) mass is 454 g/mol. The summed E-state index contributed by atoms with van der Waals surface area (Å²) in [6.07, 6.45) is -1.05. The van der Waals surface area contributed by atoms with Gasteiger partial charge in [0.1, 0.15) is 6.17 Å². The van der Waals surface area contributed by atoms with Gasteiger partial charge in [0.15, 0.2) is 0 Å². The summed E-state index contributed by atoms with van der Waals surface area (Å²) in [5, 5.41) is 27.2. The summed E-state index contributed by atoms with van der Waals surface area (Å²) < 4.78 is 0. The third-order valence-electron chi connectivity index (χ3n) is 4.45. The lowest BCUT2D eigenvalue weighted by molar-refractivity contribution is -0.385. The van der Waals surface area contributed by atoms with Crippen molar-refractivity contribution in [2.45, 2.75) is 6.17 Å². The molecule has 2 N–H and O–H groups in total. The van der Waals surface area contributed by atoms with Crippen LogP contribution < -0.4 is 10.6 Å². The van der Waals surface area contributed by atoms with Crippen LogP contribution in [0.15, 0.2) is 72.8 Å². The maximum absolute atomic E-state index is 12.7. The van der Waals surface area contributed by atoms with Crippen molar-refractivity contribution in [3.63, 3.8) is 0 Å². The van der Waals surface area contributed by atoms with Gasteiger partial charge in [-0.25, -0.2) is 0 Å². The Balaban J connectivity index is 1.84. The molecule has 0 bridgehead atoms. The van der Waals surface area contributed by atoms with E-state index in [2.05, 4.69) is 10.6 Å². The van der Waals surface area contributed by atoms with Crippen LogP contribution in [0.2, 0.25) is 5.02 Å². The molecule has 162 valence electrons. The molecule has 0 aliphatic heterocycles. The quantitative estimate of drug-likeness (QED) is 0.313. The summed E-state index contributed by atoms with van der Waals surface area (Å²) in [5.74, 6) is -1.21. The zero-order valence-corrected chi connectivity index (χ0v) is 17.0. The Morgan fingerprint density at radius 1 is 0.719 bits per heavy atom. The first-order valence-corrected chi connectivity index (χ1v) is 9.49. The number of non-ortho nitro benzene ring substituents is 2. The average molecular weight is 455 g/mol. The van der Waals surface area contributed by atoms with Crippen molar-refractivity contribution in [3.05, 3.63) is 115 Å². The van der Waals surface area contributed by atoms with Crippen molar-refractivity contribution >= 4 is 34.8 Å². The molecule has 32 heavy (non-hydrogen) atoms. The standard InChI is InChI=1S/C21H15ClN4O6/c22-18-4-2-1-3-17(18)19(23-20(27)13-5-9-15(10-6-13)25(29)30)24-21(28)14-7-11-16(12-8-14)26(31)32/h1-12,19H,(H,23,27)(H,24,28). The number of carbonyl (C=O) groups is 2. The van der Waals surface area contributed by atoms with E-state index >= 15 is 0 Å². The summed E-state index contributed by atoms with van der Waals surface area (Å²) in [5.41, 5.74) is 0.334. The van der Waals surface area contributed by atoms with Gasteiger partial charge < -0.3 is 10.6 Å². The zero-order chi connectivity index (χ0) is 23.3. The minimum absolute atomic E-state index is 0.136. The van der Waals surface area contributed by atoms with Crippen LogP contribution in [0.4, 0.5) is 11.4 Å². The largest absolute Gasteiger partial charge is 0.328 e. The molecule has 0 atom stereocenters. The van der Waals surface area contributed by atoms with E-state index in [-0.39, 0.29) is 27.5 Å². The number of hydrogen-bond acceptors (Lipinski definition) is 6. The van der Waals surface area contributed by atoms with E-state index in [0.29, 0.717) is 5.56 Å². The van der Waals surface area contributed by atoms with Gasteiger partial charge in [-0.1, -0.05) is 29.8 Å². The van der Waals surface area contributed by atoms with E-state index in [0.717, 1.165) is 0 Å². The Morgan fingerprint density at radius 3 is 1.50 bits per heavy atom. The highest BCUT2D eigenvalue weighted by atomic mass is 35.5. The Labute approximate surface area is 186 Å². The van der Waals surface area contributed by atoms with Crippen molar-refractivity contribution in [2.24, 2.45) is 0 Å². The lowest BCUT2D eigenvalue weighted by Gasteiger charge is -2.22. The Morgan fingerprint density at radius 2 is 1.12 bits per heavy atom. The van der Waals surface area contributed by atoms with E-state index in [1.807, 2.05) is 0 Å². The van der Waals surface area contributed by atoms with E-state index in [4.69, 9.17) is 11.6 Å². The minimum Gasteiger partial charge on any atom is -0.328 e. The van der Waals surface area contributed by atoms with Gasteiger partial charge in [-0.05, 0) is 30.3 Å². The van der Waals surface area contributed by atoms with Gasteiger partial charge in [0.2, 0.25) is 0 Å². The maximum Gasteiger partial charge on any atom is 0.269 e. The highest BCUT2D eigenvalue weighted by Gasteiger charge is 2.22. The molecule has 0 spiro atoms. The SMILES string of the molecule is O=C(NC(NC(=O)c1ccc([N+](=O)[O-])cc1)c1ccccc1Cl)c1ccc([N+](=O)[O-])cc1. The topological polar surface area (TPSA) is 144 Å². The maximum atomic E-state index is 12.7. The second kappa shape index (κ2) is 9.67. The lowest BCUT2D eigenvalue weighted by atomic mass is 10.1. The van der Waals surface area contributed by atoms with Crippen LogP contribution in [-0.2, 0) is 0 Å². The van der Waals surface area contributed by atoms with Gasteiger partial charge in [0.25, 0.3) is 23.2 Å². The number of benzene rings is 3. The van der Waals surface area contributed by atoms with Gasteiger partial charge in [0.05, 0.1) is 9.85 Å². The molecule has 0 aromatic heterocycles. The van der Waals surface area contributed by atoms with Crippen molar-refractivity contribution in [1.82, 2.24) is 10.6 Å². The van der Waals surface area contributed by atoms with Crippen molar-refractivity contribution < 1.29 is 19.4 Å². The molecule has 0 unspecified atom stereocenters. The molecule has 3 aromatic rings. The summed E-state index contributed by atoms with van der Waals surface area (Å²) in [6.45, 7) is 0. The molecule has 2 amide bonds. The van der Waals surface area contributed by atoms with Crippen LogP contribution in [0.5, 0.6) is 0 Å². The van der Waals surface area contributed by atoms with Crippen LogP contribution in [0.25, 0.3) is 0 Å². The first kappa shape index (κ1) is 22.4. The number of rotatable bonds is 7. The number of nitrogens with zero attached hydrogens (tertiary/aromatic N) is 2. The highest BCUT2D eigenvalue weighted by molar-refractivity contribution is 6.31. The average Bonchev–Trinajstić information content (AvgIpc) is 2.79. The van der Waals surface area contributed by atoms with Gasteiger partial charge in [-0.3, -0.25) is 29.8 Å². The molecule has 0 radical (unpaired) electrons. The molecule has 11 heteroatoms. The van der Waals surface area contributed by atoms with Gasteiger partial charge >= 0.3 is 0 Å². The molecule has 0 saturated carbocycles. The number of carbonyl (C=O) groups excluding carboxylic acids is 2. The first-order valence-electron chi connectivity index (χ1n) is 9.11. The number of amides is 2. The number of halogens is 1. The van der Waals surface area contributed by atoms with Crippen molar-refractivity contribution in [2.75, 3.05) is 0 Å². The van der Waals surface area contributed by atoms with Crippen LogP contribution in [0.1, 0.15) is 32.4 Å². The van der Waals surface area contributed by atoms with Crippen LogP contribution in [0.3, 0.4) is 0 Å². The molecule has 0 heterocycles. The molecule has 3 rings (SSSR count). The Bertz CT molecular complexity index is 1110. The minimum atomic E-state index is -1.05. The molecule has 0 fully saturated rings. The third-order valence-corrected chi connectivity index (χ3v) is 4.79. The lowest BCUT2D eigenvalue weighted by Crippen LogP contribution is -2.41. The summed E-state index contributed by atoms with van der Waals surface area (Å²) >= 11 is 6.24. The second-order valence-corrected chi connectivity index (χ2v) is 6.92. The number of hydrogen-bond donors (Lipinski definition) is 2. The van der Waals surface area contributed by atoms with Crippen LogP contribution >= 0.6 is 11.6 Å². The Kier molecular flexibility index (Phi) is 6.76. The van der Waals surface area contributed by atoms with E-state index < -0.39 is 27.8 Å². The van der Waals surface area contributed by atoms with Gasteiger partial charge in [0, 0.05) is 46.0 Å². The number of nitro benzene ring substituents is 2. The molecule has 10 nitrogen and oxygen atoms in total. The highest BCUT2D eigenvalue weighted by Crippen LogP contribution is 2.22. The van der Waals surface area contributed by atoms with Crippen molar-refractivity contribution in [3.8, 4) is 0 Å². The van der Waals surface area contributed by atoms with Gasteiger partial charge in [-0.15, -0.1) is 0 Å². The van der Waals surface area contributed by atoms with Gasteiger partial charge in [-0.2, -0.15) is 0 Å². The van der Waals surface area contributed by atoms with E-state index in [1.165, 1.54) is 48.5 Å². The fourth-order valence-electron chi connectivity index (χ4n) is 2.80. The van der Waals surface area contributed by atoms with E-state index in [1.54, 1.807) is 24.3 Å². The van der Waals surface area contributed by atoms with Crippen molar-refractivity contribution in [1.29, 1.82) is 0 Å². The Hall–Kier alpha value is -4.31. The second-order valence-electron chi connectivity index (χ2n) is 6.51. The zero-order valence-electron chi connectivity index (χ0n) is 16.2. The van der Waals surface area contributed by atoms with E-state index in [9.17, 15) is 29.8 Å².